The lowest BCUT2D eigenvalue weighted by atomic mass is 10.3. The SMILES string of the molecule is O=C(COC(=O)/C=C/c1ccc(I)o1)Nc1ccccc1Cl. The Morgan fingerprint density at radius 2 is 2.05 bits per heavy atom. The third-order valence-electron chi connectivity index (χ3n) is 2.47. The highest BCUT2D eigenvalue weighted by Gasteiger charge is 2.07. The zero-order valence-electron chi connectivity index (χ0n) is 11.2. The van der Waals surface area contributed by atoms with Crippen LogP contribution in [0.2, 0.25) is 5.02 Å². The molecule has 0 atom stereocenters. The van der Waals surface area contributed by atoms with Crippen molar-refractivity contribution >= 4 is 57.8 Å². The van der Waals surface area contributed by atoms with E-state index in [1.807, 2.05) is 22.6 Å². The largest absolute Gasteiger partial charge is 0.452 e. The Balaban J connectivity index is 1.80. The Bertz CT molecular complexity index is 711. The molecule has 0 bridgehead atoms. The number of amides is 1. The summed E-state index contributed by atoms with van der Waals surface area (Å²) in [5.74, 6) is -0.579. The predicted octanol–water partition coefficient (Wildman–Crippen LogP) is 3.73. The average molecular weight is 432 g/mol. The maximum absolute atomic E-state index is 11.7. The van der Waals surface area contributed by atoms with Crippen LogP contribution in [0.25, 0.3) is 6.08 Å². The summed E-state index contributed by atoms with van der Waals surface area (Å²) in [4.78, 5) is 23.1. The summed E-state index contributed by atoms with van der Waals surface area (Å²) >= 11 is 7.92. The van der Waals surface area contributed by atoms with Gasteiger partial charge in [0.25, 0.3) is 5.91 Å². The molecule has 1 aromatic heterocycles. The van der Waals surface area contributed by atoms with Gasteiger partial charge in [0, 0.05) is 6.08 Å². The van der Waals surface area contributed by atoms with Gasteiger partial charge in [0.05, 0.1) is 10.7 Å². The molecule has 1 heterocycles. The number of para-hydroxylation sites is 1. The van der Waals surface area contributed by atoms with Crippen LogP contribution in [0.1, 0.15) is 5.76 Å². The molecule has 0 saturated carbocycles. The van der Waals surface area contributed by atoms with E-state index in [4.69, 9.17) is 20.8 Å². The molecule has 0 aliphatic carbocycles. The van der Waals surface area contributed by atoms with Crippen molar-refractivity contribution in [2.45, 2.75) is 0 Å². The highest BCUT2D eigenvalue weighted by atomic mass is 127. The lowest BCUT2D eigenvalue weighted by molar-refractivity contribution is -0.142. The fourth-order valence-corrected chi connectivity index (χ4v) is 2.12. The van der Waals surface area contributed by atoms with Crippen molar-refractivity contribution in [3.05, 3.63) is 57.0 Å². The van der Waals surface area contributed by atoms with Gasteiger partial charge in [-0.1, -0.05) is 23.7 Å². The molecule has 1 aromatic carbocycles. The van der Waals surface area contributed by atoms with Crippen molar-refractivity contribution < 1.29 is 18.7 Å². The van der Waals surface area contributed by atoms with Gasteiger partial charge in [0.1, 0.15) is 5.76 Å². The number of benzene rings is 1. The Hall–Kier alpha value is -1.80. The molecule has 2 rings (SSSR count). The molecule has 22 heavy (non-hydrogen) atoms. The van der Waals surface area contributed by atoms with Crippen LogP contribution >= 0.6 is 34.2 Å². The van der Waals surface area contributed by atoms with Crippen LogP contribution in [0.3, 0.4) is 0 Å². The molecule has 0 unspecified atom stereocenters. The highest BCUT2D eigenvalue weighted by molar-refractivity contribution is 14.1. The van der Waals surface area contributed by atoms with Gasteiger partial charge in [-0.15, -0.1) is 0 Å². The molecule has 7 heteroatoms. The number of carbonyl (C=O) groups excluding carboxylic acids is 2. The molecule has 5 nitrogen and oxygen atoms in total. The van der Waals surface area contributed by atoms with Crippen molar-refractivity contribution in [2.24, 2.45) is 0 Å². The zero-order chi connectivity index (χ0) is 15.9. The van der Waals surface area contributed by atoms with Gasteiger partial charge >= 0.3 is 5.97 Å². The van der Waals surface area contributed by atoms with Gasteiger partial charge in [-0.25, -0.2) is 4.79 Å². The Labute approximate surface area is 145 Å². The van der Waals surface area contributed by atoms with Crippen LogP contribution < -0.4 is 5.32 Å². The molecule has 0 saturated heterocycles. The Kier molecular flexibility index (Phi) is 6.02. The van der Waals surface area contributed by atoms with Crippen LogP contribution in [0.5, 0.6) is 0 Å². The van der Waals surface area contributed by atoms with Crippen LogP contribution in [-0.4, -0.2) is 18.5 Å². The first kappa shape index (κ1) is 16.6. The van der Waals surface area contributed by atoms with Gasteiger partial charge in [0.2, 0.25) is 0 Å². The number of ether oxygens (including phenoxy) is 1. The first-order valence-corrected chi connectivity index (χ1v) is 7.65. The fraction of sp³-hybridized carbons (Fsp3) is 0.0667. The molecule has 0 fully saturated rings. The minimum absolute atomic E-state index is 0.399. The van der Waals surface area contributed by atoms with Crippen molar-refractivity contribution in [3.8, 4) is 0 Å². The van der Waals surface area contributed by atoms with Crippen molar-refractivity contribution in [2.75, 3.05) is 11.9 Å². The molecule has 0 aliphatic heterocycles. The number of anilines is 1. The maximum Gasteiger partial charge on any atom is 0.331 e. The summed E-state index contributed by atoms with van der Waals surface area (Å²) in [6, 6.07) is 10.3. The van der Waals surface area contributed by atoms with E-state index in [9.17, 15) is 9.59 Å². The summed E-state index contributed by atoms with van der Waals surface area (Å²) in [5.41, 5.74) is 0.464. The van der Waals surface area contributed by atoms with E-state index in [1.54, 1.807) is 36.4 Å². The molecular formula is C15H11ClINO4. The number of hydrogen-bond acceptors (Lipinski definition) is 4. The smallest absolute Gasteiger partial charge is 0.331 e. The average Bonchev–Trinajstić information content (AvgIpc) is 2.91. The summed E-state index contributed by atoms with van der Waals surface area (Å²) in [6.07, 6.45) is 2.66. The minimum Gasteiger partial charge on any atom is -0.452 e. The number of nitrogens with one attached hydrogen (secondary N) is 1. The van der Waals surface area contributed by atoms with E-state index in [0.717, 1.165) is 0 Å². The second kappa shape index (κ2) is 8.00. The molecule has 0 spiro atoms. The van der Waals surface area contributed by atoms with Crippen LogP contribution in [0.4, 0.5) is 5.69 Å². The zero-order valence-corrected chi connectivity index (χ0v) is 14.1. The third kappa shape index (κ3) is 5.19. The van der Waals surface area contributed by atoms with Gasteiger partial charge in [-0.05, 0) is 52.9 Å². The molecule has 0 aliphatic rings. The summed E-state index contributed by atoms with van der Waals surface area (Å²) in [7, 11) is 0. The maximum atomic E-state index is 11.7. The third-order valence-corrected chi connectivity index (χ3v) is 3.38. The van der Waals surface area contributed by atoms with E-state index in [-0.39, 0.29) is 0 Å². The van der Waals surface area contributed by atoms with E-state index in [2.05, 4.69) is 5.32 Å². The number of hydrogen-bond donors (Lipinski definition) is 1. The van der Waals surface area contributed by atoms with E-state index < -0.39 is 18.5 Å². The predicted molar refractivity (Wildman–Crippen MR) is 91.5 cm³/mol. The first-order chi connectivity index (χ1) is 10.5. The van der Waals surface area contributed by atoms with Gasteiger partial charge in [-0.3, -0.25) is 4.79 Å². The van der Waals surface area contributed by atoms with E-state index in [1.165, 1.54) is 12.2 Å². The van der Waals surface area contributed by atoms with E-state index >= 15 is 0 Å². The summed E-state index contributed by atoms with van der Waals surface area (Å²) in [6.45, 7) is -0.399. The molecule has 1 amide bonds. The number of carbonyl (C=O) groups is 2. The van der Waals surface area contributed by atoms with Crippen molar-refractivity contribution in [1.82, 2.24) is 0 Å². The second-order valence-corrected chi connectivity index (χ2v) is 5.58. The lowest BCUT2D eigenvalue weighted by Gasteiger charge is -2.06. The number of furan rings is 1. The van der Waals surface area contributed by atoms with Crippen LogP contribution in [0, 0.1) is 3.77 Å². The monoisotopic (exact) mass is 431 g/mol. The Morgan fingerprint density at radius 1 is 1.27 bits per heavy atom. The van der Waals surface area contributed by atoms with Crippen molar-refractivity contribution in [3.63, 3.8) is 0 Å². The molecule has 2 aromatic rings. The molecule has 0 radical (unpaired) electrons. The second-order valence-electron chi connectivity index (χ2n) is 4.11. The lowest BCUT2D eigenvalue weighted by Crippen LogP contribution is -2.20. The van der Waals surface area contributed by atoms with Gasteiger partial charge < -0.3 is 14.5 Å². The highest BCUT2D eigenvalue weighted by Crippen LogP contribution is 2.20. The van der Waals surface area contributed by atoms with Gasteiger partial charge in [-0.2, -0.15) is 0 Å². The summed E-state index contributed by atoms with van der Waals surface area (Å²) < 4.78 is 10.8. The summed E-state index contributed by atoms with van der Waals surface area (Å²) in [5, 5.41) is 2.96. The number of esters is 1. The van der Waals surface area contributed by atoms with Crippen molar-refractivity contribution in [1.29, 1.82) is 0 Å². The normalized spacial score (nSPS) is 10.6. The van der Waals surface area contributed by atoms with Crippen LogP contribution in [-0.2, 0) is 14.3 Å². The minimum atomic E-state index is -0.638. The Morgan fingerprint density at radius 3 is 2.73 bits per heavy atom. The number of rotatable bonds is 5. The molecule has 1 N–H and O–H groups in total. The number of halogens is 2. The quantitative estimate of drug-likeness (QED) is 0.445. The fourth-order valence-electron chi connectivity index (χ4n) is 1.50. The first-order valence-electron chi connectivity index (χ1n) is 6.19. The molecular weight excluding hydrogens is 421 g/mol. The van der Waals surface area contributed by atoms with E-state index in [0.29, 0.717) is 20.2 Å². The van der Waals surface area contributed by atoms with Gasteiger partial charge in [0.15, 0.2) is 10.4 Å². The standard InChI is InChI=1S/C15H11ClINO4/c16-11-3-1-2-4-12(11)18-14(19)9-21-15(20)8-6-10-5-7-13(17)22-10/h1-8H,9H2,(H,18,19)/b8-6+. The topological polar surface area (TPSA) is 68.5 Å². The van der Waals surface area contributed by atoms with Crippen LogP contribution in [0.15, 0.2) is 46.9 Å². The molecule has 114 valence electrons.